The monoisotopic (exact) mass is 328 g/mol. The van der Waals surface area contributed by atoms with Gasteiger partial charge in [-0.3, -0.25) is 0 Å². The van der Waals surface area contributed by atoms with Crippen molar-refractivity contribution in [3.05, 3.63) is 46.4 Å². The maximum absolute atomic E-state index is 13.4. The molecule has 0 spiro atoms. The fraction of sp³-hybridized carbons (Fsp3) is 0.286. The van der Waals surface area contributed by atoms with Crippen LogP contribution in [0.15, 0.2) is 40.6 Å². The number of nitrogens with two attached hydrogens (primary N) is 1. The molecule has 2 rings (SSSR count). The molecule has 0 saturated carbocycles. The van der Waals surface area contributed by atoms with Crippen molar-refractivity contribution in [2.45, 2.75) is 24.2 Å². The van der Waals surface area contributed by atoms with Gasteiger partial charge in [0.25, 0.3) is 0 Å². The highest BCUT2D eigenvalue weighted by atomic mass is 32.2. The van der Waals surface area contributed by atoms with E-state index in [9.17, 15) is 12.8 Å². The molecule has 0 aliphatic carbocycles. The van der Waals surface area contributed by atoms with Gasteiger partial charge >= 0.3 is 0 Å². The Balaban J connectivity index is 2.16. The molecular weight excluding hydrogens is 311 g/mol. The van der Waals surface area contributed by atoms with E-state index in [1.54, 1.807) is 11.3 Å². The first-order chi connectivity index (χ1) is 9.72. The maximum atomic E-state index is 13.4. The van der Waals surface area contributed by atoms with Gasteiger partial charge in [0.05, 0.1) is 10.6 Å². The van der Waals surface area contributed by atoms with E-state index in [1.807, 2.05) is 31.4 Å². The number of sulfonamides is 1. The molecule has 0 unspecified atom stereocenters. The Morgan fingerprint density at radius 1 is 1.33 bits per heavy atom. The van der Waals surface area contributed by atoms with E-state index in [0.29, 0.717) is 0 Å². The topological polar surface area (TPSA) is 72.2 Å². The van der Waals surface area contributed by atoms with Crippen molar-refractivity contribution >= 4 is 27.0 Å². The SMILES string of the molecule is CC(C)(CNS(=O)(=O)c1ccc(N)c(F)c1)c1cccs1. The van der Waals surface area contributed by atoms with E-state index in [4.69, 9.17) is 5.73 Å². The van der Waals surface area contributed by atoms with Crippen LogP contribution in [-0.2, 0) is 15.4 Å². The lowest BCUT2D eigenvalue weighted by atomic mass is 9.92. The van der Waals surface area contributed by atoms with E-state index in [2.05, 4.69) is 4.72 Å². The summed E-state index contributed by atoms with van der Waals surface area (Å²) >= 11 is 1.57. The van der Waals surface area contributed by atoms with Crippen LogP contribution in [-0.4, -0.2) is 15.0 Å². The smallest absolute Gasteiger partial charge is 0.240 e. The minimum Gasteiger partial charge on any atom is -0.396 e. The maximum Gasteiger partial charge on any atom is 0.240 e. The van der Waals surface area contributed by atoms with E-state index in [0.717, 1.165) is 10.9 Å². The molecule has 2 aromatic rings. The zero-order valence-corrected chi connectivity index (χ0v) is 13.4. The van der Waals surface area contributed by atoms with Crippen LogP contribution >= 0.6 is 11.3 Å². The fourth-order valence-corrected chi connectivity index (χ4v) is 3.86. The average Bonchev–Trinajstić information content (AvgIpc) is 2.94. The predicted octanol–water partition coefficient (Wildman–Crippen LogP) is 2.73. The molecule has 0 aliphatic rings. The second-order valence-electron chi connectivity index (χ2n) is 5.37. The van der Waals surface area contributed by atoms with Crippen molar-refractivity contribution in [2.24, 2.45) is 0 Å². The Bertz CT molecular complexity index is 725. The summed E-state index contributed by atoms with van der Waals surface area (Å²) < 4.78 is 40.3. The van der Waals surface area contributed by atoms with Crippen LogP contribution < -0.4 is 10.5 Å². The van der Waals surface area contributed by atoms with Crippen molar-refractivity contribution in [3.8, 4) is 0 Å². The first kappa shape index (κ1) is 15.9. The van der Waals surface area contributed by atoms with Gasteiger partial charge in [-0.2, -0.15) is 0 Å². The number of hydrogen-bond acceptors (Lipinski definition) is 4. The first-order valence-electron chi connectivity index (χ1n) is 6.31. The van der Waals surface area contributed by atoms with Gasteiger partial charge in [-0.1, -0.05) is 19.9 Å². The van der Waals surface area contributed by atoms with Crippen LogP contribution in [0.3, 0.4) is 0 Å². The van der Waals surface area contributed by atoms with Crippen molar-refractivity contribution in [3.63, 3.8) is 0 Å². The van der Waals surface area contributed by atoms with Gasteiger partial charge in [-0.05, 0) is 29.6 Å². The molecule has 1 aromatic heterocycles. The molecule has 4 nitrogen and oxygen atoms in total. The zero-order chi connectivity index (χ0) is 15.7. The third-order valence-electron chi connectivity index (χ3n) is 3.17. The van der Waals surface area contributed by atoms with Gasteiger partial charge in [0.2, 0.25) is 10.0 Å². The molecule has 0 fully saturated rings. The molecule has 21 heavy (non-hydrogen) atoms. The first-order valence-corrected chi connectivity index (χ1v) is 8.67. The van der Waals surface area contributed by atoms with Crippen molar-refractivity contribution in [1.82, 2.24) is 4.72 Å². The Labute approximate surface area is 127 Å². The summed E-state index contributed by atoms with van der Waals surface area (Å²) in [6.45, 7) is 4.12. The van der Waals surface area contributed by atoms with Gasteiger partial charge < -0.3 is 5.73 Å². The Kier molecular flexibility index (Phi) is 4.36. The summed E-state index contributed by atoms with van der Waals surface area (Å²) in [5.74, 6) is -0.740. The largest absolute Gasteiger partial charge is 0.396 e. The summed E-state index contributed by atoms with van der Waals surface area (Å²) in [4.78, 5) is 0.949. The molecular formula is C14H17FN2O2S2. The summed E-state index contributed by atoms with van der Waals surface area (Å²) in [6.07, 6.45) is 0. The van der Waals surface area contributed by atoms with Gasteiger partial charge in [0.15, 0.2) is 0 Å². The highest BCUT2D eigenvalue weighted by Gasteiger charge is 2.25. The molecule has 3 N–H and O–H groups in total. The zero-order valence-electron chi connectivity index (χ0n) is 11.8. The molecule has 0 amide bonds. The Morgan fingerprint density at radius 3 is 2.62 bits per heavy atom. The van der Waals surface area contributed by atoms with Gasteiger partial charge in [0.1, 0.15) is 5.82 Å². The molecule has 114 valence electrons. The second kappa shape index (κ2) is 5.75. The van der Waals surface area contributed by atoms with Gasteiger partial charge in [0, 0.05) is 16.8 Å². The molecule has 0 bridgehead atoms. The van der Waals surface area contributed by atoms with Crippen LogP contribution in [0.1, 0.15) is 18.7 Å². The van der Waals surface area contributed by atoms with E-state index >= 15 is 0 Å². The number of nitrogen functional groups attached to an aromatic ring is 1. The predicted molar refractivity (Wildman–Crippen MR) is 83.3 cm³/mol. The molecule has 0 atom stereocenters. The van der Waals surface area contributed by atoms with E-state index in [-0.39, 0.29) is 22.5 Å². The summed E-state index contributed by atoms with van der Waals surface area (Å²) in [6, 6.07) is 7.34. The number of nitrogens with one attached hydrogen (secondary N) is 1. The van der Waals surface area contributed by atoms with Crippen LogP contribution in [0.5, 0.6) is 0 Å². The molecule has 0 saturated heterocycles. The van der Waals surface area contributed by atoms with E-state index < -0.39 is 15.8 Å². The number of benzene rings is 1. The van der Waals surface area contributed by atoms with Gasteiger partial charge in [-0.15, -0.1) is 11.3 Å². The lowest BCUT2D eigenvalue weighted by molar-refractivity contribution is 0.509. The van der Waals surface area contributed by atoms with Crippen molar-refractivity contribution in [2.75, 3.05) is 12.3 Å². The number of rotatable bonds is 5. The highest BCUT2D eigenvalue weighted by Crippen LogP contribution is 2.27. The normalized spacial score (nSPS) is 12.5. The van der Waals surface area contributed by atoms with Crippen LogP contribution in [0.4, 0.5) is 10.1 Å². The average molecular weight is 328 g/mol. The minimum atomic E-state index is -3.76. The Hall–Kier alpha value is -1.44. The molecule has 0 aliphatic heterocycles. The Morgan fingerprint density at radius 2 is 2.05 bits per heavy atom. The molecule has 1 heterocycles. The third kappa shape index (κ3) is 3.61. The quantitative estimate of drug-likeness (QED) is 0.829. The lowest BCUT2D eigenvalue weighted by Crippen LogP contribution is -2.36. The number of thiophene rings is 1. The molecule has 0 radical (unpaired) electrons. The second-order valence-corrected chi connectivity index (χ2v) is 8.08. The number of anilines is 1. The molecule has 1 aromatic carbocycles. The summed E-state index contributed by atoms with van der Waals surface area (Å²) in [5.41, 5.74) is 4.93. The minimum absolute atomic E-state index is 0.0761. The van der Waals surface area contributed by atoms with E-state index in [1.165, 1.54) is 12.1 Å². The van der Waals surface area contributed by atoms with Crippen molar-refractivity contribution < 1.29 is 12.8 Å². The fourth-order valence-electron chi connectivity index (χ4n) is 1.78. The summed E-state index contributed by atoms with van der Waals surface area (Å²) in [5, 5.41) is 1.95. The third-order valence-corrected chi connectivity index (χ3v) is 5.81. The summed E-state index contributed by atoms with van der Waals surface area (Å²) in [7, 11) is -3.76. The lowest BCUT2D eigenvalue weighted by Gasteiger charge is -2.23. The highest BCUT2D eigenvalue weighted by molar-refractivity contribution is 7.89. The van der Waals surface area contributed by atoms with Crippen LogP contribution in [0.25, 0.3) is 0 Å². The van der Waals surface area contributed by atoms with Crippen molar-refractivity contribution in [1.29, 1.82) is 0 Å². The standard InChI is InChI=1S/C14H17FN2O2S2/c1-14(2,13-4-3-7-20-13)9-17-21(18,19)10-5-6-12(16)11(15)8-10/h3-8,17H,9,16H2,1-2H3. The van der Waals surface area contributed by atoms with Crippen LogP contribution in [0, 0.1) is 5.82 Å². The van der Waals surface area contributed by atoms with Crippen LogP contribution in [0.2, 0.25) is 0 Å². The molecule has 7 heteroatoms. The number of hydrogen-bond donors (Lipinski definition) is 2. The number of halogens is 1. The van der Waals surface area contributed by atoms with Gasteiger partial charge in [-0.25, -0.2) is 17.5 Å².